The number of benzene rings is 1. The normalized spacial score (nSPS) is 16.9. The van der Waals surface area contributed by atoms with Crippen LogP contribution in [0.5, 0.6) is 0 Å². The zero-order chi connectivity index (χ0) is 13.9. The Labute approximate surface area is 126 Å². The number of nitrogens with one attached hydrogen (secondary N) is 1. The van der Waals surface area contributed by atoms with E-state index in [1.54, 1.807) is 0 Å². The standard InChI is InChI=1S/C18H23NS/c1-3-19-18(17-12-7-13(2)20-17)16-10-8-15(9-11-16)14-5-4-6-14/h7-12,14,18-19H,3-6H2,1-2H3. The Hall–Kier alpha value is -1.12. The molecule has 1 saturated carbocycles. The summed E-state index contributed by atoms with van der Waals surface area (Å²) < 4.78 is 0. The van der Waals surface area contributed by atoms with Gasteiger partial charge in [0.1, 0.15) is 0 Å². The van der Waals surface area contributed by atoms with E-state index in [0.29, 0.717) is 6.04 Å². The molecule has 3 rings (SSSR count). The third-order valence-electron chi connectivity index (χ3n) is 4.30. The monoisotopic (exact) mass is 285 g/mol. The summed E-state index contributed by atoms with van der Waals surface area (Å²) in [6, 6.07) is 14.1. The van der Waals surface area contributed by atoms with Crippen LogP contribution in [0.3, 0.4) is 0 Å². The third-order valence-corrected chi connectivity index (χ3v) is 5.37. The molecule has 20 heavy (non-hydrogen) atoms. The van der Waals surface area contributed by atoms with Crippen molar-refractivity contribution >= 4 is 11.3 Å². The predicted octanol–water partition coefficient (Wildman–Crippen LogP) is 5.02. The van der Waals surface area contributed by atoms with Crippen molar-refractivity contribution in [2.45, 2.75) is 45.1 Å². The molecule has 1 aromatic carbocycles. The van der Waals surface area contributed by atoms with Crippen LogP contribution in [0, 0.1) is 6.92 Å². The highest BCUT2D eigenvalue weighted by atomic mass is 32.1. The van der Waals surface area contributed by atoms with Crippen LogP contribution in [0.1, 0.15) is 59.0 Å². The molecule has 0 aliphatic heterocycles. The van der Waals surface area contributed by atoms with E-state index >= 15 is 0 Å². The molecule has 2 heteroatoms. The molecule has 0 amide bonds. The maximum atomic E-state index is 3.62. The van der Waals surface area contributed by atoms with Crippen molar-refractivity contribution in [2.24, 2.45) is 0 Å². The highest BCUT2D eigenvalue weighted by molar-refractivity contribution is 7.12. The Bertz CT molecular complexity index is 551. The summed E-state index contributed by atoms with van der Waals surface area (Å²) in [5, 5.41) is 3.62. The molecule has 1 aliphatic rings. The van der Waals surface area contributed by atoms with Crippen molar-refractivity contribution in [3.63, 3.8) is 0 Å². The maximum Gasteiger partial charge on any atom is 0.0671 e. The van der Waals surface area contributed by atoms with E-state index in [1.807, 2.05) is 11.3 Å². The van der Waals surface area contributed by atoms with Crippen molar-refractivity contribution < 1.29 is 0 Å². The van der Waals surface area contributed by atoms with E-state index in [4.69, 9.17) is 0 Å². The van der Waals surface area contributed by atoms with Crippen LogP contribution in [-0.4, -0.2) is 6.54 Å². The van der Waals surface area contributed by atoms with Gasteiger partial charge in [0, 0.05) is 9.75 Å². The zero-order valence-corrected chi connectivity index (χ0v) is 13.2. The molecule has 1 aliphatic carbocycles. The van der Waals surface area contributed by atoms with E-state index in [-0.39, 0.29) is 0 Å². The fourth-order valence-corrected chi connectivity index (χ4v) is 3.88. The predicted molar refractivity (Wildman–Crippen MR) is 87.6 cm³/mol. The molecule has 0 saturated heterocycles. The molecule has 0 radical (unpaired) electrons. The summed E-state index contributed by atoms with van der Waals surface area (Å²) in [4.78, 5) is 2.80. The number of thiophene rings is 1. The van der Waals surface area contributed by atoms with Crippen molar-refractivity contribution in [1.82, 2.24) is 5.32 Å². The smallest absolute Gasteiger partial charge is 0.0671 e. The van der Waals surface area contributed by atoms with Gasteiger partial charge in [-0.3, -0.25) is 0 Å². The van der Waals surface area contributed by atoms with Crippen molar-refractivity contribution in [3.05, 3.63) is 57.3 Å². The van der Waals surface area contributed by atoms with E-state index < -0.39 is 0 Å². The average Bonchev–Trinajstić information content (AvgIpc) is 2.82. The first kappa shape index (κ1) is 13.8. The van der Waals surface area contributed by atoms with Crippen LogP contribution in [-0.2, 0) is 0 Å². The molecule has 2 aromatic rings. The molecule has 1 aromatic heterocycles. The Morgan fingerprint density at radius 1 is 1.15 bits per heavy atom. The van der Waals surface area contributed by atoms with E-state index in [2.05, 4.69) is 55.6 Å². The van der Waals surface area contributed by atoms with Crippen LogP contribution in [0.25, 0.3) is 0 Å². The van der Waals surface area contributed by atoms with E-state index in [1.165, 1.54) is 40.1 Å². The summed E-state index contributed by atoms with van der Waals surface area (Å²) in [7, 11) is 0. The van der Waals surface area contributed by atoms with Gasteiger partial charge in [-0.25, -0.2) is 0 Å². The van der Waals surface area contributed by atoms with Gasteiger partial charge in [-0.2, -0.15) is 0 Å². The van der Waals surface area contributed by atoms with Crippen molar-refractivity contribution in [2.75, 3.05) is 6.54 Å². The molecule has 106 valence electrons. The minimum Gasteiger partial charge on any atom is -0.306 e. The quantitative estimate of drug-likeness (QED) is 0.813. The molecular weight excluding hydrogens is 262 g/mol. The molecule has 1 heterocycles. The number of rotatable bonds is 5. The van der Waals surface area contributed by atoms with E-state index in [0.717, 1.165) is 12.5 Å². The molecule has 1 unspecified atom stereocenters. The van der Waals surface area contributed by atoms with Crippen LogP contribution in [0.15, 0.2) is 36.4 Å². The molecule has 0 bridgehead atoms. The van der Waals surface area contributed by atoms with Gasteiger partial charge >= 0.3 is 0 Å². The lowest BCUT2D eigenvalue weighted by Gasteiger charge is -2.26. The lowest BCUT2D eigenvalue weighted by Crippen LogP contribution is -2.21. The van der Waals surface area contributed by atoms with Crippen molar-refractivity contribution in [3.8, 4) is 0 Å². The highest BCUT2D eigenvalue weighted by Gasteiger charge is 2.20. The van der Waals surface area contributed by atoms with Crippen LogP contribution in [0.4, 0.5) is 0 Å². The number of hydrogen-bond acceptors (Lipinski definition) is 2. The summed E-state index contributed by atoms with van der Waals surface area (Å²) in [6.45, 7) is 5.35. The first-order chi connectivity index (χ1) is 9.78. The average molecular weight is 285 g/mol. The minimum absolute atomic E-state index is 0.342. The Kier molecular flexibility index (Phi) is 4.23. The molecule has 1 N–H and O–H groups in total. The molecule has 1 atom stereocenters. The van der Waals surface area contributed by atoms with Gasteiger partial charge in [0.25, 0.3) is 0 Å². The van der Waals surface area contributed by atoms with Crippen LogP contribution < -0.4 is 5.32 Å². The van der Waals surface area contributed by atoms with Crippen LogP contribution in [0.2, 0.25) is 0 Å². The summed E-state index contributed by atoms with van der Waals surface area (Å²) in [5.74, 6) is 0.825. The first-order valence-corrected chi connectivity index (χ1v) is 8.49. The topological polar surface area (TPSA) is 12.0 Å². The van der Waals surface area contributed by atoms with Gasteiger partial charge in [-0.05, 0) is 55.5 Å². The molecule has 0 spiro atoms. The summed E-state index contributed by atoms with van der Waals surface area (Å²) in [5.41, 5.74) is 2.91. The van der Waals surface area contributed by atoms with Gasteiger partial charge in [-0.1, -0.05) is 37.6 Å². The lowest BCUT2D eigenvalue weighted by molar-refractivity contribution is 0.419. The summed E-state index contributed by atoms with van der Waals surface area (Å²) in [6.07, 6.45) is 4.15. The molecule has 1 nitrogen and oxygen atoms in total. The maximum absolute atomic E-state index is 3.62. The second-order valence-corrected chi connectivity index (χ2v) is 7.05. The minimum atomic E-state index is 0.342. The highest BCUT2D eigenvalue weighted by Crippen LogP contribution is 2.37. The van der Waals surface area contributed by atoms with Gasteiger partial charge < -0.3 is 5.32 Å². The molecule has 1 fully saturated rings. The van der Waals surface area contributed by atoms with Gasteiger partial charge in [0.2, 0.25) is 0 Å². The largest absolute Gasteiger partial charge is 0.306 e. The van der Waals surface area contributed by atoms with Gasteiger partial charge in [0.05, 0.1) is 6.04 Å². The second kappa shape index (κ2) is 6.11. The van der Waals surface area contributed by atoms with Gasteiger partial charge in [0.15, 0.2) is 0 Å². The fraction of sp³-hybridized carbons (Fsp3) is 0.444. The second-order valence-electron chi connectivity index (χ2n) is 5.73. The Balaban J connectivity index is 1.83. The summed E-state index contributed by atoms with van der Waals surface area (Å²) >= 11 is 1.89. The molecular formula is C18H23NS. The third kappa shape index (κ3) is 2.82. The fourth-order valence-electron chi connectivity index (χ4n) is 2.90. The van der Waals surface area contributed by atoms with Gasteiger partial charge in [-0.15, -0.1) is 11.3 Å². The first-order valence-electron chi connectivity index (χ1n) is 7.67. The van der Waals surface area contributed by atoms with E-state index in [9.17, 15) is 0 Å². The number of aryl methyl sites for hydroxylation is 1. The lowest BCUT2D eigenvalue weighted by atomic mass is 9.80. The number of hydrogen-bond donors (Lipinski definition) is 1. The Morgan fingerprint density at radius 3 is 2.40 bits per heavy atom. The zero-order valence-electron chi connectivity index (χ0n) is 12.4. The van der Waals surface area contributed by atoms with Crippen LogP contribution >= 0.6 is 11.3 Å². The Morgan fingerprint density at radius 2 is 1.90 bits per heavy atom. The SMILES string of the molecule is CCNC(c1ccc(C2CCC2)cc1)c1ccc(C)s1. The van der Waals surface area contributed by atoms with Crippen molar-refractivity contribution in [1.29, 1.82) is 0 Å².